The fraction of sp³-hybridized carbons (Fsp3) is 0.136. The molecule has 3 rings (SSSR count). The van der Waals surface area contributed by atoms with Crippen molar-refractivity contribution in [3.8, 4) is 5.75 Å². The summed E-state index contributed by atoms with van der Waals surface area (Å²) in [6, 6.07) is 12.6. The van der Waals surface area contributed by atoms with Gasteiger partial charge >= 0.3 is 5.97 Å². The summed E-state index contributed by atoms with van der Waals surface area (Å²) in [5, 5.41) is 0. The molecule has 156 valence electrons. The van der Waals surface area contributed by atoms with E-state index >= 15 is 0 Å². The second-order valence-electron chi connectivity index (χ2n) is 6.44. The van der Waals surface area contributed by atoms with E-state index in [-0.39, 0.29) is 6.42 Å². The summed E-state index contributed by atoms with van der Waals surface area (Å²) in [5.74, 6) is -15.0. The summed E-state index contributed by atoms with van der Waals surface area (Å²) in [7, 11) is 0. The van der Waals surface area contributed by atoms with Gasteiger partial charge in [0.25, 0.3) is 0 Å². The lowest BCUT2D eigenvalue weighted by Crippen LogP contribution is -2.23. The van der Waals surface area contributed by atoms with Crippen LogP contribution in [-0.2, 0) is 11.3 Å². The Hall–Kier alpha value is -3.42. The molecule has 0 aliphatic rings. The zero-order valence-corrected chi connectivity index (χ0v) is 15.5. The van der Waals surface area contributed by atoms with Gasteiger partial charge in [-0.1, -0.05) is 36.4 Å². The van der Waals surface area contributed by atoms with Gasteiger partial charge in [0.2, 0.25) is 34.8 Å². The maximum Gasteiger partial charge on any atom is 0.320 e. The Morgan fingerprint density at radius 3 is 2.13 bits per heavy atom. The molecule has 0 saturated heterocycles. The molecule has 0 unspecified atom stereocenters. The highest BCUT2D eigenvalue weighted by atomic mass is 19.2. The molecule has 2 aromatic carbocycles. The van der Waals surface area contributed by atoms with E-state index in [4.69, 9.17) is 0 Å². The van der Waals surface area contributed by atoms with Crippen LogP contribution >= 0.6 is 0 Å². The van der Waals surface area contributed by atoms with Crippen LogP contribution in [0.2, 0.25) is 0 Å². The van der Waals surface area contributed by atoms with Crippen LogP contribution in [0, 0.1) is 29.1 Å². The first-order valence-electron chi connectivity index (χ1n) is 8.88. The van der Waals surface area contributed by atoms with Crippen LogP contribution in [0.1, 0.15) is 23.6 Å². The predicted molar refractivity (Wildman–Crippen MR) is 99.4 cm³/mol. The van der Waals surface area contributed by atoms with Crippen molar-refractivity contribution in [1.82, 2.24) is 4.57 Å². The lowest BCUT2D eigenvalue weighted by Gasteiger charge is -2.18. The molecule has 0 saturated carbocycles. The minimum Gasteiger partial charge on any atom is -0.419 e. The zero-order valence-electron chi connectivity index (χ0n) is 15.5. The predicted octanol–water partition coefficient (Wildman–Crippen LogP) is 5.50. The second-order valence-corrected chi connectivity index (χ2v) is 6.44. The number of allylic oxidation sites excluding steroid dienone is 1. The summed E-state index contributed by atoms with van der Waals surface area (Å²) in [6.07, 6.45) is 3.11. The van der Waals surface area contributed by atoms with Crippen LogP contribution in [0.25, 0.3) is 0 Å². The van der Waals surface area contributed by atoms with Crippen LogP contribution in [-0.4, -0.2) is 10.5 Å². The average Bonchev–Trinajstić information content (AvgIpc) is 3.20. The molecule has 0 aliphatic heterocycles. The summed E-state index contributed by atoms with van der Waals surface area (Å²) in [5.41, 5.74) is 1.37. The van der Waals surface area contributed by atoms with E-state index in [0.717, 1.165) is 5.56 Å². The Labute approximate surface area is 169 Å². The quantitative estimate of drug-likeness (QED) is 0.126. The molecular formula is C22H16F5NO2. The Morgan fingerprint density at radius 2 is 1.53 bits per heavy atom. The van der Waals surface area contributed by atoms with Crippen LogP contribution in [0.15, 0.2) is 61.3 Å². The Bertz CT molecular complexity index is 1050. The lowest BCUT2D eigenvalue weighted by atomic mass is 10.0. The van der Waals surface area contributed by atoms with E-state index in [9.17, 15) is 26.7 Å². The smallest absolute Gasteiger partial charge is 0.320 e. The van der Waals surface area contributed by atoms with Gasteiger partial charge in [0, 0.05) is 18.4 Å². The molecule has 1 aromatic heterocycles. The van der Waals surface area contributed by atoms with E-state index in [2.05, 4.69) is 11.3 Å². The molecule has 0 N–H and O–H groups in total. The van der Waals surface area contributed by atoms with Crippen molar-refractivity contribution in [2.75, 3.05) is 0 Å². The minimum absolute atomic E-state index is 0.0209. The molecular weight excluding hydrogens is 405 g/mol. The number of halogens is 5. The molecule has 1 heterocycles. The largest absolute Gasteiger partial charge is 0.419 e. The van der Waals surface area contributed by atoms with Gasteiger partial charge in [-0.2, -0.15) is 8.78 Å². The number of nitrogens with zero attached hydrogens (tertiary/aromatic N) is 1. The van der Waals surface area contributed by atoms with Gasteiger partial charge in [-0.3, -0.25) is 4.79 Å². The molecule has 8 heteroatoms. The molecule has 0 spiro atoms. The van der Waals surface area contributed by atoms with E-state index in [1.54, 1.807) is 22.9 Å². The molecule has 3 aromatic rings. The van der Waals surface area contributed by atoms with Crippen molar-refractivity contribution < 1.29 is 31.5 Å². The molecule has 3 nitrogen and oxygen atoms in total. The highest BCUT2D eigenvalue weighted by molar-refractivity contribution is 5.80. The van der Waals surface area contributed by atoms with Crippen molar-refractivity contribution >= 4 is 5.97 Å². The molecule has 0 fully saturated rings. The third-order valence-electron chi connectivity index (χ3n) is 4.48. The number of carbonyl (C=O) groups is 1. The van der Waals surface area contributed by atoms with Gasteiger partial charge in [0.15, 0.2) is 0 Å². The summed E-state index contributed by atoms with van der Waals surface area (Å²) in [6.45, 7) is 3.95. The number of rotatable bonds is 7. The molecule has 0 aliphatic carbocycles. The fourth-order valence-corrected chi connectivity index (χ4v) is 3.02. The monoisotopic (exact) mass is 421 g/mol. The van der Waals surface area contributed by atoms with Crippen LogP contribution in [0.4, 0.5) is 22.0 Å². The Balaban J connectivity index is 1.93. The van der Waals surface area contributed by atoms with Crippen molar-refractivity contribution in [3.05, 3.63) is 102 Å². The number of carbonyl (C=O) groups excluding carboxylic acids is 1. The van der Waals surface area contributed by atoms with Gasteiger partial charge in [0.1, 0.15) is 5.92 Å². The first kappa shape index (κ1) is 21.3. The Morgan fingerprint density at radius 1 is 0.933 bits per heavy atom. The zero-order chi connectivity index (χ0) is 21.8. The summed E-state index contributed by atoms with van der Waals surface area (Å²) >= 11 is 0. The number of esters is 1. The number of aromatic nitrogens is 1. The van der Waals surface area contributed by atoms with Crippen molar-refractivity contribution in [1.29, 1.82) is 0 Å². The van der Waals surface area contributed by atoms with Crippen LogP contribution in [0.5, 0.6) is 5.75 Å². The van der Waals surface area contributed by atoms with Crippen molar-refractivity contribution in [2.24, 2.45) is 0 Å². The van der Waals surface area contributed by atoms with Gasteiger partial charge in [0.05, 0.1) is 0 Å². The lowest BCUT2D eigenvalue weighted by molar-refractivity contribution is -0.136. The van der Waals surface area contributed by atoms with Gasteiger partial charge in [-0.05, 0) is 24.1 Å². The number of benzene rings is 2. The number of hydrogen-bond donors (Lipinski definition) is 0. The van der Waals surface area contributed by atoms with E-state index < -0.39 is 46.7 Å². The standard InChI is InChI=1S/C22H16F5NO2/c1-2-7-14(15-10-6-11-28(15)12-13-8-4-3-5-9-13)22(29)30-21-19(26)17(24)16(23)18(25)20(21)27/h2-6,8-11,14H,1,7,12H2/t14-/m1/s1. The minimum atomic E-state index is -2.33. The molecule has 0 bridgehead atoms. The van der Waals surface area contributed by atoms with Gasteiger partial charge in [-0.15, -0.1) is 6.58 Å². The first-order chi connectivity index (χ1) is 14.3. The summed E-state index contributed by atoms with van der Waals surface area (Å²) in [4.78, 5) is 12.7. The van der Waals surface area contributed by atoms with Gasteiger partial charge in [-0.25, -0.2) is 13.2 Å². The maximum absolute atomic E-state index is 13.9. The molecule has 0 amide bonds. The number of ether oxygens (including phenoxy) is 1. The molecule has 1 atom stereocenters. The number of hydrogen-bond acceptors (Lipinski definition) is 2. The summed E-state index contributed by atoms with van der Waals surface area (Å²) < 4.78 is 74.2. The fourth-order valence-electron chi connectivity index (χ4n) is 3.02. The topological polar surface area (TPSA) is 31.2 Å². The van der Waals surface area contributed by atoms with Crippen molar-refractivity contribution in [3.63, 3.8) is 0 Å². The van der Waals surface area contributed by atoms with Crippen LogP contribution in [0.3, 0.4) is 0 Å². The van der Waals surface area contributed by atoms with E-state index in [1.807, 2.05) is 30.3 Å². The highest BCUT2D eigenvalue weighted by Gasteiger charge is 2.31. The SMILES string of the molecule is C=CC[C@@H](C(=O)Oc1c(F)c(F)c(F)c(F)c1F)c1cccn1Cc1ccccc1. The normalized spacial score (nSPS) is 11.9. The highest BCUT2D eigenvalue weighted by Crippen LogP contribution is 2.31. The van der Waals surface area contributed by atoms with Crippen LogP contribution < -0.4 is 4.74 Å². The second kappa shape index (κ2) is 8.94. The van der Waals surface area contributed by atoms with E-state index in [0.29, 0.717) is 12.2 Å². The maximum atomic E-state index is 13.9. The van der Waals surface area contributed by atoms with E-state index in [1.165, 1.54) is 6.08 Å². The third-order valence-corrected chi connectivity index (χ3v) is 4.48. The molecule has 0 radical (unpaired) electrons. The van der Waals surface area contributed by atoms with Gasteiger partial charge < -0.3 is 9.30 Å². The molecule has 30 heavy (non-hydrogen) atoms. The average molecular weight is 421 g/mol. The van der Waals surface area contributed by atoms with Crippen molar-refractivity contribution in [2.45, 2.75) is 18.9 Å². The Kier molecular flexibility index (Phi) is 6.34. The first-order valence-corrected chi connectivity index (χ1v) is 8.88. The third kappa shape index (κ3) is 4.12.